The molecule has 0 radical (unpaired) electrons. The third-order valence-corrected chi connectivity index (χ3v) is 2.28. The van der Waals surface area contributed by atoms with Crippen LogP contribution in [0.4, 0.5) is 0 Å². The van der Waals surface area contributed by atoms with Crippen LogP contribution < -0.4 is 0 Å². The predicted molar refractivity (Wildman–Crippen MR) is 82.8 cm³/mol. The van der Waals surface area contributed by atoms with E-state index in [1.54, 1.807) is 37.5 Å². The lowest BCUT2D eigenvalue weighted by Crippen LogP contribution is -1.84. The number of hydrogen-bond donors (Lipinski definition) is 1. The van der Waals surface area contributed by atoms with Crippen molar-refractivity contribution in [3.05, 3.63) is 97.6 Å². The van der Waals surface area contributed by atoms with Crippen LogP contribution in [-0.4, -0.2) is 12.2 Å². The van der Waals surface area contributed by atoms with Gasteiger partial charge in [-0.3, -0.25) is 0 Å². The molecule has 19 heavy (non-hydrogen) atoms. The van der Waals surface area contributed by atoms with Crippen LogP contribution in [0.5, 0.6) is 0 Å². The van der Waals surface area contributed by atoms with Gasteiger partial charge in [0.05, 0.1) is 7.11 Å². The number of aliphatic hydroxyl groups is 1. The minimum atomic E-state index is 0.0852. The van der Waals surface area contributed by atoms with Gasteiger partial charge in [-0.25, -0.2) is 0 Å². The van der Waals surface area contributed by atoms with Crippen LogP contribution in [-0.2, 0) is 4.74 Å². The van der Waals surface area contributed by atoms with Crippen LogP contribution in [0.15, 0.2) is 97.6 Å². The zero-order valence-corrected chi connectivity index (χ0v) is 11.3. The lowest BCUT2D eigenvalue weighted by Gasteiger charge is -2.02. The van der Waals surface area contributed by atoms with Crippen LogP contribution in [0.25, 0.3) is 0 Å². The highest BCUT2D eigenvalue weighted by Crippen LogP contribution is 2.14. The van der Waals surface area contributed by atoms with Gasteiger partial charge in [0.1, 0.15) is 11.5 Å². The van der Waals surface area contributed by atoms with E-state index in [1.165, 1.54) is 12.2 Å². The summed E-state index contributed by atoms with van der Waals surface area (Å²) in [5, 5.41) is 9.32. The Labute approximate surface area is 115 Å². The highest BCUT2D eigenvalue weighted by atomic mass is 16.5. The molecule has 0 rings (SSSR count). The molecule has 0 aliphatic rings. The Morgan fingerprint density at radius 1 is 0.789 bits per heavy atom. The van der Waals surface area contributed by atoms with Crippen molar-refractivity contribution < 1.29 is 9.84 Å². The minimum Gasteiger partial charge on any atom is -0.508 e. The maximum absolute atomic E-state index is 9.32. The van der Waals surface area contributed by atoms with Gasteiger partial charge < -0.3 is 9.84 Å². The molecule has 0 fully saturated rings. The molecule has 0 aromatic carbocycles. The summed E-state index contributed by atoms with van der Waals surface area (Å²) in [5.41, 5.74) is 1.67. The monoisotopic (exact) mass is 256 g/mol. The summed E-state index contributed by atoms with van der Waals surface area (Å²) in [7, 11) is 1.57. The van der Waals surface area contributed by atoms with Gasteiger partial charge in [-0.2, -0.15) is 0 Å². The molecule has 0 aliphatic carbocycles. The Bertz CT molecular complexity index is 471. The first-order valence-electron chi connectivity index (χ1n) is 5.70. The number of methoxy groups -OCH3 is 1. The third kappa shape index (κ3) is 6.13. The fourth-order valence-corrected chi connectivity index (χ4v) is 1.20. The van der Waals surface area contributed by atoms with Crippen LogP contribution in [0.2, 0.25) is 0 Å². The molecule has 0 heterocycles. The van der Waals surface area contributed by atoms with Crippen molar-refractivity contribution in [2.24, 2.45) is 0 Å². The van der Waals surface area contributed by atoms with Crippen LogP contribution >= 0.6 is 0 Å². The van der Waals surface area contributed by atoms with Gasteiger partial charge in [0.2, 0.25) is 0 Å². The van der Waals surface area contributed by atoms with Gasteiger partial charge in [-0.1, -0.05) is 50.6 Å². The molecule has 2 nitrogen and oxygen atoms in total. The number of ether oxygens (including phenoxy) is 1. The van der Waals surface area contributed by atoms with E-state index in [-0.39, 0.29) is 5.76 Å². The Morgan fingerprint density at radius 2 is 1.32 bits per heavy atom. The molecule has 0 saturated heterocycles. The van der Waals surface area contributed by atoms with Crippen molar-refractivity contribution in [3.8, 4) is 0 Å². The molecule has 0 amide bonds. The zero-order chi connectivity index (χ0) is 14.7. The van der Waals surface area contributed by atoms with Gasteiger partial charge in [-0.15, -0.1) is 0 Å². The average Bonchev–Trinajstić information content (AvgIpc) is 2.45. The standard InChI is InChI=1S/C17H20O2/c1-6-14(10-12-16(18)8-3)15(7-2)11-13-17(9-4)19-5/h6-13,18H,1-4H2,5H3/b14-10+,15-11+,16-12+,17-13+. The lowest BCUT2D eigenvalue weighted by molar-refractivity contribution is 0.307. The van der Waals surface area contributed by atoms with E-state index >= 15 is 0 Å². The average molecular weight is 256 g/mol. The Hall–Kier alpha value is -2.48. The second-order valence-electron chi connectivity index (χ2n) is 3.43. The molecule has 100 valence electrons. The molecule has 0 atom stereocenters. The highest BCUT2D eigenvalue weighted by molar-refractivity contribution is 5.49. The van der Waals surface area contributed by atoms with E-state index in [1.807, 2.05) is 6.08 Å². The Balaban J connectivity index is 5.42. The molecule has 0 aromatic heterocycles. The van der Waals surface area contributed by atoms with Crippen molar-refractivity contribution in [2.45, 2.75) is 0 Å². The summed E-state index contributed by atoms with van der Waals surface area (Å²) < 4.78 is 5.08. The van der Waals surface area contributed by atoms with E-state index in [0.717, 1.165) is 11.1 Å². The molecule has 2 heteroatoms. The minimum absolute atomic E-state index is 0.0852. The summed E-state index contributed by atoms with van der Waals surface area (Å²) in [6.07, 6.45) is 13.2. The van der Waals surface area contributed by atoms with E-state index in [2.05, 4.69) is 26.3 Å². The maximum atomic E-state index is 9.32. The number of hydrogen-bond acceptors (Lipinski definition) is 2. The summed E-state index contributed by atoms with van der Waals surface area (Å²) in [6, 6.07) is 0. The number of rotatable bonds is 8. The molecule has 0 bridgehead atoms. The molecule has 0 aromatic rings. The first-order chi connectivity index (χ1) is 9.12. The Kier molecular flexibility index (Phi) is 8.29. The second kappa shape index (κ2) is 9.54. The van der Waals surface area contributed by atoms with E-state index in [0.29, 0.717) is 5.76 Å². The van der Waals surface area contributed by atoms with E-state index in [9.17, 15) is 5.11 Å². The largest absolute Gasteiger partial charge is 0.508 e. The van der Waals surface area contributed by atoms with E-state index in [4.69, 9.17) is 4.74 Å². The molecule has 0 spiro atoms. The molecular formula is C17H20O2. The van der Waals surface area contributed by atoms with Crippen molar-refractivity contribution in [1.29, 1.82) is 0 Å². The van der Waals surface area contributed by atoms with Gasteiger partial charge in [0.15, 0.2) is 0 Å². The van der Waals surface area contributed by atoms with Crippen LogP contribution in [0, 0.1) is 0 Å². The predicted octanol–water partition coefficient (Wildman–Crippen LogP) is 4.56. The SMILES string of the molecule is C=C\C(O)=C/C=C(C=C)/C(C=C)=C/C=C(\C=C)OC. The van der Waals surface area contributed by atoms with Crippen molar-refractivity contribution in [1.82, 2.24) is 0 Å². The number of aliphatic hydroxyl groups excluding tert-OH is 1. The Morgan fingerprint density at radius 3 is 1.68 bits per heavy atom. The van der Waals surface area contributed by atoms with Gasteiger partial charge in [0, 0.05) is 0 Å². The first-order valence-corrected chi connectivity index (χ1v) is 5.70. The smallest absolute Gasteiger partial charge is 0.118 e. The summed E-state index contributed by atoms with van der Waals surface area (Å²) >= 11 is 0. The summed E-state index contributed by atoms with van der Waals surface area (Å²) in [5.74, 6) is 0.731. The fraction of sp³-hybridized carbons (Fsp3) is 0.0588. The highest BCUT2D eigenvalue weighted by Gasteiger charge is 1.96. The van der Waals surface area contributed by atoms with Gasteiger partial charge >= 0.3 is 0 Å². The van der Waals surface area contributed by atoms with Gasteiger partial charge in [0.25, 0.3) is 0 Å². The van der Waals surface area contributed by atoms with Crippen molar-refractivity contribution >= 4 is 0 Å². The van der Waals surface area contributed by atoms with Crippen molar-refractivity contribution in [3.63, 3.8) is 0 Å². The maximum Gasteiger partial charge on any atom is 0.118 e. The molecule has 0 saturated carbocycles. The quantitative estimate of drug-likeness (QED) is 0.509. The zero-order valence-electron chi connectivity index (χ0n) is 11.3. The normalized spacial score (nSPS) is 13.7. The third-order valence-electron chi connectivity index (χ3n) is 2.28. The lowest BCUT2D eigenvalue weighted by atomic mass is 10.0. The topological polar surface area (TPSA) is 29.5 Å². The summed E-state index contributed by atoms with van der Waals surface area (Å²) in [6.45, 7) is 14.6. The molecule has 0 unspecified atom stereocenters. The molecule has 0 aliphatic heterocycles. The van der Waals surface area contributed by atoms with Crippen molar-refractivity contribution in [2.75, 3.05) is 7.11 Å². The van der Waals surface area contributed by atoms with Crippen LogP contribution in [0.3, 0.4) is 0 Å². The van der Waals surface area contributed by atoms with Gasteiger partial charge in [-0.05, 0) is 35.5 Å². The van der Waals surface area contributed by atoms with E-state index < -0.39 is 0 Å². The molecular weight excluding hydrogens is 236 g/mol. The molecule has 1 N–H and O–H groups in total. The fourth-order valence-electron chi connectivity index (χ4n) is 1.20. The first kappa shape index (κ1) is 16.5. The van der Waals surface area contributed by atoms with Crippen LogP contribution in [0.1, 0.15) is 0 Å². The summed E-state index contributed by atoms with van der Waals surface area (Å²) in [4.78, 5) is 0. The second-order valence-corrected chi connectivity index (χ2v) is 3.43. The number of allylic oxidation sites excluding steroid dienone is 10.